The van der Waals surface area contributed by atoms with Gasteiger partial charge in [-0.1, -0.05) is 6.92 Å². The van der Waals surface area contributed by atoms with Crippen LogP contribution in [0, 0.1) is 0 Å². The fraction of sp³-hybridized carbons (Fsp3) is 1.00. The Bertz CT molecular complexity index is 86.1. The molecule has 50 valence electrons. The molecule has 8 heavy (non-hydrogen) atoms. The van der Waals surface area contributed by atoms with Crippen molar-refractivity contribution in [3.63, 3.8) is 0 Å². The summed E-state index contributed by atoms with van der Waals surface area (Å²) in [6.45, 7) is 2.67. The molecule has 0 aromatic carbocycles. The summed E-state index contributed by atoms with van der Waals surface area (Å²) in [7, 11) is 1.74. The molecule has 0 bridgehead atoms. The smallest absolute Gasteiger partial charge is 0.170 e. The molecule has 0 amide bonds. The number of rotatable bonds is 3. The van der Waals surface area contributed by atoms with Crippen molar-refractivity contribution in [3.8, 4) is 0 Å². The average Bonchev–Trinajstić information content (AvgIpc) is 1.65. The second kappa shape index (κ2) is 4.00. The van der Waals surface area contributed by atoms with Crippen LogP contribution in [0.4, 0.5) is 0 Å². The lowest BCUT2D eigenvalue weighted by Gasteiger charge is -2.08. The van der Waals surface area contributed by atoms with Gasteiger partial charge in [0.25, 0.3) is 0 Å². The van der Waals surface area contributed by atoms with Crippen molar-refractivity contribution >= 4 is 11.1 Å². The molecule has 0 N–H and O–H groups in total. The van der Waals surface area contributed by atoms with Gasteiger partial charge in [0.2, 0.25) is 0 Å². The maximum absolute atomic E-state index is 10.3. The minimum Gasteiger partial charge on any atom is -0.228 e. The van der Waals surface area contributed by atoms with Crippen molar-refractivity contribution in [2.24, 2.45) is 0 Å². The zero-order valence-electron chi connectivity index (χ0n) is 5.38. The minimum atomic E-state index is -1.17. The van der Waals surface area contributed by atoms with Crippen LogP contribution in [-0.2, 0) is 15.4 Å². The molecule has 3 nitrogen and oxygen atoms in total. The highest BCUT2D eigenvalue weighted by atomic mass is 32.2. The van der Waals surface area contributed by atoms with E-state index < -0.39 is 11.1 Å². The second-order valence-corrected chi connectivity index (χ2v) is 2.37. The van der Waals surface area contributed by atoms with Crippen LogP contribution in [0.15, 0.2) is 0 Å². The van der Waals surface area contributed by atoms with E-state index in [2.05, 4.69) is 0 Å². The molecule has 0 spiro atoms. The van der Waals surface area contributed by atoms with E-state index in [1.165, 1.54) is 11.3 Å². The predicted molar refractivity (Wildman–Crippen MR) is 33.5 cm³/mol. The van der Waals surface area contributed by atoms with Gasteiger partial charge in [-0.3, -0.25) is 0 Å². The van der Waals surface area contributed by atoms with Crippen molar-refractivity contribution in [1.82, 2.24) is 5.06 Å². The molecule has 0 heterocycles. The highest BCUT2D eigenvalue weighted by Gasteiger charge is 1.94. The molecule has 0 aromatic heterocycles. The molecular weight excluding hydrogens is 126 g/mol. The van der Waals surface area contributed by atoms with Gasteiger partial charge in [0.1, 0.15) is 0 Å². The summed E-state index contributed by atoms with van der Waals surface area (Å²) in [5.74, 6) is 0. The van der Waals surface area contributed by atoms with E-state index in [1.807, 2.05) is 6.92 Å². The molecule has 0 saturated carbocycles. The van der Waals surface area contributed by atoms with Crippen LogP contribution in [0.25, 0.3) is 0 Å². The highest BCUT2D eigenvalue weighted by molar-refractivity contribution is 7.79. The first-order valence-corrected chi connectivity index (χ1v) is 3.88. The van der Waals surface area contributed by atoms with Gasteiger partial charge in [0.05, 0.1) is 0 Å². The van der Waals surface area contributed by atoms with Gasteiger partial charge in [0.15, 0.2) is 11.1 Å². The first kappa shape index (κ1) is 8.07. The second-order valence-electron chi connectivity index (χ2n) is 1.42. The van der Waals surface area contributed by atoms with Crippen LogP contribution >= 0.6 is 0 Å². The lowest BCUT2D eigenvalue weighted by Crippen LogP contribution is -2.18. The molecule has 0 aliphatic rings. The lowest BCUT2D eigenvalue weighted by molar-refractivity contribution is -0.00974. The Morgan fingerprint density at radius 1 is 1.75 bits per heavy atom. The Kier molecular flexibility index (Phi) is 4.03. The molecule has 0 rings (SSSR count). The minimum absolute atomic E-state index is 0.750. The first-order valence-electron chi connectivity index (χ1n) is 2.39. The molecule has 0 aliphatic heterocycles. The number of hydrogen-bond donors (Lipinski definition) is 0. The topological polar surface area (TPSA) is 29.5 Å². The van der Waals surface area contributed by atoms with E-state index in [4.69, 9.17) is 4.28 Å². The molecule has 0 saturated heterocycles. The summed E-state index contributed by atoms with van der Waals surface area (Å²) in [6.07, 6.45) is 1.49. The van der Waals surface area contributed by atoms with Crippen molar-refractivity contribution in [2.45, 2.75) is 6.92 Å². The fourth-order valence-corrected chi connectivity index (χ4v) is 0.696. The van der Waals surface area contributed by atoms with Crippen molar-refractivity contribution in [2.75, 3.05) is 19.8 Å². The summed E-state index contributed by atoms with van der Waals surface area (Å²) in [4.78, 5) is 0. The Hall–Kier alpha value is 0.0700. The van der Waals surface area contributed by atoms with Crippen LogP contribution in [0.5, 0.6) is 0 Å². The normalized spacial score (nSPS) is 14.5. The molecule has 0 fully saturated rings. The molecule has 1 unspecified atom stereocenters. The van der Waals surface area contributed by atoms with Crippen molar-refractivity contribution in [3.05, 3.63) is 0 Å². The quantitative estimate of drug-likeness (QED) is 0.519. The van der Waals surface area contributed by atoms with Gasteiger partial charge in [-0.2, -0.15) is 9.35 Å². The Morgan fingerprint density at radius 2 is 2.25 bits per heavy atom. The van der Waals surface area contributed by atoms with Gasteiger partial charge in [0, 0.05) is 19.8 Å². The zero-order chi connectivity index (χ0) is 6.57. The Morgan fingerprint density at radius 3 is 2.38 bits per heavy atom. The van der Waals surface area contributed by atoms with E-state index in [1.54, 1.807) is 7.05 Å². The molecule has 4 heteroatoms. The van der Waals surface area contributed by atoms with E-state index in [-0.39, 0.29) is 0 Å². The number of hydroxylamine groups is 2. The summed E-state index contributed by atoms with van der Waals surface area (Å²) in [5, 5.41) is 1.52. The summed E-state index contributed by atoms with van der Waals surface area (Å²) < 4.78 is 15.0. The number of nitrogens with zero attached hydrogens (tertiary/aromatic N) is 1. The zero-order valence-corrected chi connectivity index (χ0v) is 6.20. The van der Waals surface area contributed by atoms with Crippen LogP contribution < -0.4 is 0 Å². The third kappa shape index (κ3) is 4.23. The largest absolute Gasteiger partial charge is 0.228 e. The van der Waals surface area contributed by atoms with Crippen LogP contribution in [0.3, 0.4) is 0 Å². The van der Waals surface area contributed by atoms with Crippen LogP contribution in [-0.4, -0.2) is 29.1 Å². The molecule has 0 aliphatic carbocycles. The maximum atomic E-state index is 10.3. The highest BCUT2D eigenvalue weighted by Crippen LogP contribution is 1.84. The maximum Gasteiger partial charge on any atom is 0.170 e. The fourth-order valence-electron chi connectivity index (χ4n) is 0.232. The molecule has 0 radical (unpaired) electrons. The molecular formula is C4H11NO2S. The van der Waals surface area contributed by atoms with Crippen LogP contribution in [0.2, 0.25) is 0 Å². The summed E-state index contributed by atoms with van der Waals surface area (Å²) >= 11 is -1.17. The third-order valence-corrected chi connectivity index (χ3v) is 1.14. The first-order chi connectivity index (χ1) is 3.66. The Balaban J connectivity index is 3.24. The van der Waals surface area contributed by atoms with Gasteiger partial charge >= 0.3 is 0 Å². The van der Waals surface area contributed by atoms with Crippen molar-refractivity contribution < 1.29 is 8.49 Å². The molecule has 0 aromatic rings. The third-order valence-electron chi connectivity index (χ3n) is 0.678. The van der Waals surface area contributed by atoms with E-state index in [9.17, 15) is 4.21 Å². The standard InChI is InChI=1S/C4H11NO2S/c1-4-5(2)7-8(3)6/h4H2,1-3H3. The summed E-state index contributed by atoms with van der Waals surface area (Å²) in [6, 6.07) is 0. The predicted octanol–water partition coefficient (Wildman–Crippen LogP) is 0.163. The lowest BCUT2D eigenvalue weighted by atomic mass is 10.8. The van der Waals surface area contributed by atoms with Gasteiger partial charge in [-0.25, -0.2) is 4.21 Å². The van der Waals surface area contributed by atoms with E-state index >= 15 is 0 Å². The Labute approximate surface area is 52.2 Å². The monoisotopic (exact) mass is 137 g/mol. The van der Waals surface area contributed by atoms with Gasteiger partial charge < -0.3 is 0 Å². The number of hydrogen-bond acceptors (Lipinski definition) is 3. The molecule has 1 atom stereocenters. The van der Waals surface area contributed by atoms with Crippen LogP contribution in [0.1, 0.15) is 6.92 Å². The van der Waals surface area contributed by atoms with E-state index in [0.717, 1.165) is 6.54 Å². The SMILES string of the molecule is CCN(C)OS(C)=O. The summed E-state index contributed by atoms with van der Waals surface area (Å²) in [5.41, 5.74) is 0. The van der Waals surface area contributed by atoms with Crippen molar-refractivity contribution in [1.29, 1.82) is 0 Å². The van der Waals surface area contributed by atoms with E-state index in [0.29, 0.717) is 0 Å². The van der Waals surface area contributed by atoms with Gasteiger partial charge in [-0.05, 0) is 0 Å². The van der Waals surface area contributed by atoms with Gasteiger partial charge in [-0.15, -0.1) is 0 Å². The average molecular weight is 137 g/mol.